The molecule has 1 aromatic rings. The first kappa shape index (κ1) is 12.6. The van der Waals surface area contributed by atoms with Crippen molar-refractivity contribution in [2.75, 3.05) is 19.0 Å². The highest BCUT2D eigenvalue weighted by Gasteiger charge is 2.03. The van der Waals surface area contributed by atoms with Gasteiger partial charge in [-0.3, -0.25) is 10.4 Å². The molecule has 5 nitrogen and oxygen atoms in total. The number of nitrogens with two attached hydrogens (primary N) is 1. The maximum Gasteiger partial charge on any atom is 0.210 e. The van der Waals surface area contributed by atoms with E-state index in [0.29, 0.717) is 23.3 Å². The Kier molecular flexibility index (Phi) is 4.88. The molecule has 0 amide bonds. The number of anilines is 1. The molecule has 1 aromatic carbocycles. The quantitative estimate of drug-likeness (QED) is 0.326. The van der Waals surface area contributed by atoms with E-state index in [1.807, 2.05) is 13.0 Å². The van der Waals surface area contributed by atoms with E-state index in [2.05, 4.69) is 15.7 Å². The van der Waals surface area contributed by atoms with Crippen LogP contribution in [0.15, 0.2) is 23.2 Å². The van der Waals surface area contributed by atoms with Crippen molar-refractivity contribution in [2.45, 2.75) is 6.92 Å². The zero-order valence-electron chi connectivity index (χ0n) is 9.25. The first-order chi connectivity index (χ1) is 7.71. The van der Waals surface area contributed by atoms with Gasteiger partial charge in [0.05, 0.1) is 12.1 Å². The lowest BCUT2D eigenvalue weighted by Crippen LogP contribution is -2.36. The van der Waals surface area contributed by atoms with Crippen molar-refractivity contribution in [1.82, 2.24) is 5.43 Å². The summed E-state index contributed by atoms with van der Waals surface area (Å²) < 4.78 is 5.10. The minimum atomic E-state index is 0.492. The third-order valence-electron chi connectivity index (χ3n) is 1.87. The van der Waals surface area contributed by atoms with E-state index in [1.165, 1.54) is 0 Å². The lowest BCUT2D eigenvalue weighted by Gasteiger charge is -2.10. The minimum absolute atomic E-state index is 0.492. The second-order valence-electron chi connectivity index (χ2n) is 2.94. The van der Waals surface area contributed by atoms with Gasteiger partial charge in [0, 0.05) is 18.3 Å². The minimum Gasteiger partial charge on any atom is -0.495 e. The Morgan fingerprint density at radius 2 is 2.31 bits per heavy atom. The summed E-state index contributed by atoms with van der Waals surface area (Å²) in [6.07, 6.45) is 0. The van der Waals surface area contributed by atoms with Crippen molar-refractivity contribution in [2.24, 2.45) is 10.8 Å². The van der Waals surface area contributed by atoms with Gasteiger partial charge in [-0.2, -0.15) is 0 Å². The van der Waals surface area contributed by atoms with Crippen molar-refractivity contribution in [3.8, 4) is 5.75 Å². The van der Waals surface area contributed by atoms with E-state index in [1.54, 1.807) is 19.2 Å². The van der Waals surface area contributed by atoms with Gasteiger partial charge < -0.3 is 10.1 Å². The summed E-state index contributed by atoms with van der Waals surface area (Å²) in [5.74, 6) is 6.40. The van der Waals surface area contributed by atoms with Crippen molar-refractivity contribution in [3.63, 3.8) is 0 Å². The van der Waals surface area contributed by atoms with E-state index >= 15 is 0 Å². The Hall–Kier alpha value is -1.46. The van der Waals surface area contributed by atoms with Gasteiger partial charge in [0.1, 0.15) is 5.75 Å². The average Bonchev–Trinajstić information content (AvgIpc) is 2.30. The molecule has 16 heavy (non-hydrogen) atoms. The Bertz CT molecular complexity index is 381. The van der Waals surface area contributed by atoms with Crippen LogP contribution in [0, 0.1) is 0 Å². The molecule has 0 heterocycles. The number of benzene rings is 1. The zero-order chi connectivity index (χ0) is 12.0. The van der Waals surface area contributed by atoms with Crippen molar-refractivity contribution < 1.29 is 4.74 Å². The normalized spacial score (nSPS) is 11.1. The van der Waals surface area contributed by atoms with Crippen LogP contribution in [0.25, 0.3) is 0 Å². The largest absolute Gasteiger partial charge is 0.495 e. The van der Waals surface area contributed by atoms with Crippen LogP contribution in [0.4, 0.5) is 5.69 Å². The summed E-state index contributed by atoms with van der Waals surface area (Å²) >= 11 is 5.90. The molecule has 0 fully saturated rings. The van der Waals surface area contributed by atoms with E-state index < -0.39 is 0 Å². The molecule has 0 aromatic heterocycles. The molecule has 0 unspecified atom stereocenters. The molecule has 0 saturated carbocycles. The van der Waals surface area contributed by atoms with Crippen LogP contribution >= 0.6 is 11.6 Å². The molecule has 0 spiro atoms. The Labute approximate surface area is 99.6 Å². The maximum atomic E-state index is 5.90. The van der Waals surface area contributed by atoms with Crippen LogP contribution in [0.2, 0.25) is 5.02 Å². The molecule has 0 atom stereocenters. The van der Waals surface area contributed by atoms with Gasteiger partial charge in [0.25, 0.3) is 0 Å². The van der Waals surface area contributed by atoms with Gasteiger partial charge in [0.2, 0.25) is 5.96 Å². The molecule has 1 rings (SSSR count). The van der Waals surface area contributed by atoms with Crippen molar-refractivity contribution in [1.29, 1.82) is 0 Å². The predicted molar refractivity (Wildman–Crippen MR) is 66.9 cm³/mol. The molecule has 88 valence electrons. The first-order valence-corrected chi connectivity index (χ1v) is 5.20. The SMILES string of the molecule is CCN=C(NN)Nc1ccc(Cl)c(OC)c1. The second kappa shape index (κ2) is 6.19. The number of methoxy groups -OCH3 is 1. The van der Waals surface area contributed by atoms with Gasteiger partial charge in [-0.1, -0.05) is 11.6 Å². The summed E-state index contributed by atoms with van der Waals surface area (Å²) in [6, 6.07) is 5.32. The Morgan fingerprint density at radius 3 is 2.88 bits per heavy atom. The number of nitrogens with one attached hydrogen (secondary N) is 2. The topological polar surface area (TPSA) is 71.7 Å². The standard InChI is InChI=1S/C10H15ClN4O/c1-3-13-10(15-12)14-7-4-5-8(11)9(6-7)16-2/h4-6H,3,12H2,1-2H3,(H2,13,14,15). The summed E-state index contributed by atoms with van der Waals surface area (Å²) in [4.78, 5) is 4.11. The van der Waals surface area contributed by atoms with Crippen LogP contribution in [0.1, 0.15) is 6.92 Å². The summed E-state index contributed by atoms with van der Waals surface area (Å²) in [7, 11) is 1.56. The summed E-state index contributed by atoms with van der Waals surface area (Å²) in [6.45, 7) is 2.55. The van der Waals surface area contributed by atoms with Crippen LogP contribution < -0.4 is 21.3 Å². The lowest BCUT2D eigenvalue weighted by atomic mass is 10.3. The fraction of sp³-hybridized carbons (Fsp3) is 0.300. The highest BCUT2D eigenvalue weighted by Crippen LogP contribution is 2.27. The Morgan fingerprint density at radius 1 is 1.56 bits per heavy atom. The van der Waals surface area contributed by atoms with Crippen LogP contribution in [0.5, 0.6) is 5.75 Å². The van der Waals surface area contributed by atoms with Crippen molar-refractivity contribution in [3.05, 3.63) is 23.2 Å². The zero-order valence-corrected chi connectivity index (χ0v) is 10.0. The smallest absolute Gasteiger partial charge is 0.210 e. The van der Waals surface area contributed by atoms with Gasteiger partial charge in [-0.05, 0) is 19.1 Å². The van der Waals surface area contributed by atoms with Gasteiger partial charge in [0.15, 0.2) is 0 Å². The van der Waals surface area contributed by atoms with Gasteiger partial charge in [-0.15, -0.1) is 0 Å². The summed E-state index contributed by atoms with van der Waals surface area (Å²) in [5, 5.41) is 3.56. The first-order valence-electron chi connectivity index (χ1n) is 4.83. The van der Waals surface area contributed by atoms with Gasteiger partial charge in [-0.25, -0.2) is 5.84 Å². The van der Waals surface area contributed by atoms with E-state index in [9.17, 15) is 0 Å². The second-order valence-corrected chi connectivity index (χ2v) is 3.35. The molecule has 0 aliphatic rings. The number of halogens is 1. The monoisotopic (exact) mass is 242 g/mol. The van der Waals surface area contributed by atoms with E-state index in [4.69, 9.17) is 22.2 Å². The number of aliphatic imine (C=N–C) groups is 1. The highest BCUT2D eigenvalue weighted by atomic mass is 35.5. The predicted octanol–water partition coefficient (Wildman–Crippen LogP) is 1.60. The van der Waals surface area contributed by atoms with Crippen LogP contribution in [-0.2, 0) is 0 Å². The number of nitrogens with zero attached hydrogens (tertiary/aromatic N) is 1. The third kappa shape index (κ3) is 3.29. The van der Waals surface area contributed by atoms with Crippen molar-refractivity contribution >= 4 is 23.2 Å². The maximum absolute atomic E-state index is 5.90. The number of hydrazine groups is 1. The highest BCUT2D eigenvalue weighted by molar-refractivity contribution is 6.32. The van der Waals surface area contributed by atoms with Gasteiger partial charge >= 0.3 is 0 Å². The average molecular weight is 243 g/mol. The lowest BCUT2D eigenvalue weighted by molar-refractivity contribution is 0.415. The fourth-order valence-electron chi connectivity index (χ4n) is 1.15. The van der Waals surface area contributed by atoms with E-state index in [0.717, 1.165) is 5.69 Å². The van der Waals surface area contributed by atoms with E-state index in [-0.39, 0.29) is 0 Å². The number of guanidine groups is 1. The molecule has 0 bridgehead atoms. The number of hydrogen-bond donors (Lipinski definition) is 3. The molecule has 0 aliphatic heterocycles. The molecule has 6 heteroatoms. The summed E-state index contributed by atoms with van der Waals surface area (Å²) in [5.41, 5.74) is 3.27. The molecular formula is C10H15ClN4O. The van der Waals surface area contributed by atoms with Crippen LogP contribution in [0.3, 0.4) is 0 Å². The molecule has 4 N–H and O–H groups in total. The third-order valence-corrected chi connectivity index (χ3v) is 2.18. The fourth-order valence-corrected chi connectivity index (χ4v) is 1.35. The molecule has 0 saturated heterocycles. The number of rotatable bonds is 3. The number of ether oxygens (including phenoxy) is 1. The molecule has 0 radical (unpaired) electrons. The molecular weight excluding hydrogens is 228 g/mol. The Balaban J connectivity index is 2.85. The number of hydrogen-bond acceptors (Lipinski definition) is 3. The molecule has 0 aliphatic carbocycles. The van der Waals surface area contributed by atoms with Crippen LogP contribution in [-0.4, -0.2) is 19.6 Å².